The molecule has 0 spiro atoms. The van der Waals surface area contributed by atoms with Gasteiger partial charge in [0, 0.05) is 12.1 Å². The fourth-order valence-corrected chi connectivity index (χ4v) is 1.70. The lowest BCUT2D eigenvalue weighted by Crippen LogP contribution is -2.04. The molecule has 2 rings (SSSR count). The van der Waals surface area contributed by atoms with Crippen LogP contribution in [0.3, 0.4) is 0 Å². The summed E-state index contributed by atoms with van der Waals surface area (Å²) in [6.45, 7) is 0.0458. The van der Waals surface area contributed by atoms with Crippen molar-refractivity contribution in [2.24, 2.45) is 0 Å². The molecule has 0 aliphatic carbocycles. The minimum absolute atomic E-state index is 0.0458. The molecule has 0 amide bonds. The zero-order valence-corrected chi connectivity index (χ0v) is 10.3. The van der Waals surface area contributed by atoms with Gasteiger partial charge in [0.1, 0.15) is 11.6 Å². The molecule has 0 bridgehead atoms. The number of hydrogen-bond acceptors (Lipinski definition) is 3. The summed E-state index contributed by atoms with van der Waals surface area (Å²) in [7, 11) is 0. The van der Waals surface area contributed by atoms with E-state index in [0.717, 1.165) is 6.07 Å². The Kier molecular flexibility index (Phi) is 3.93. The van der Waals surface area contributed by atoms with E-state index in [1.165, 1.54) is 30.3 Å². The van der Waals surface area contributed by atoms with Gasteiger partial charge >= 0.3 is 0 Å². The van der Waals surface area contributed by atoms with Crippen molar-refractivity contribution in [3.8, 4) is 12.1 Å². The third kappa shape index (κ3) is 2.90. The van der Waals surface area contributed by atoms with Crippen molar-refractivity contribution in [1.82, 2.24) is 0 Å². The van der Waals surface area contributed by atoms with E-state index in [2.05, 4.69) is 5.32 Å². The summed E-state index contributed by atoms with van der Waals surface area (Å²) in [5, 5.41) is 20.1. The van der Waals surface area contributed by atoms with Crippen LogP contribution in [0.4, 0.5) is 14.5 Å². The minimum atomic E-state index is -0.583. The topological polar surface area (TPSA) is 59.6 Å². The van der Waals surface area contributed by atoms with E-state index in [0.29, 0.717) is 5.56 Å². The van der Waals surface area contributed by atoms with Gasteiger partial charge in [-0.25, -0.2) is 8.78 Å². The summed E-state index contributed by atoms with van der Waals surface area (Å²) in [6, 6.07) is 11.7. The highest BCUT2D eigenvalue weighted by atomic mass is 19.1. The van der Waals surface area contributed by atoms with Crippen LogP contribution < -0.4 is 5.32 Å². The van der Waals surface area contributed by atoms with Gasteiger partial charge in [-0.1, -0.05) is 0 Å². The summed E-state index contributed by atoms with van der Waals surface area (Å²) >= 11 is 0. The van der Waals surface area contributed by atoms with Crippen LogP contribution in [-0.4, -0.2) is 0 Å². The van der Waals surface area contributed by atoms with Crippen molar-refractivity contribution in [3.05, 3.63) is 64.7 Å². The second kappa shape index (κ2) is 5.81. The molecule has 0 saturated heterocycles. The molecular formula is C15H9F2N3. The van der Waals surface area contributed by atoms with E-state index in [1.54, 1.807) is 0 Å². The molecule has 3 nitrogen and oxygen atoms in total. The minimum Gasteiger partial charge on any atom is -0.378 e. The van der Waals surface area contributed by atoms with E-state index < -0.39 is 11.6 Å². The van der Waals surface area contributed by atoms with E-state index in [1.807, 2.05) is 12.1 Å². The molecule has 0 aliphatic rings. The normalized spacial score (nSPS) is 9.60. The highest BCUT2D eigenvalue weighted by molar-refractivity contribution is 5.49. The maximum absolute atomic E-state index is 13.6. The molecule has 2 aromatic rings. The lowest BCUT2D eigenvalue weighted by atomic mass is 10.1. The number of rotatable bonds is 3. The monoisotopic (exact) mass is 269 g/mol. The predicted molar refractivity (Wildman–Crippen MR) is 69.6 cm³/mol. The molecule has 98 valence electrons. The van der Waals surface area contributed by atoms with Crippen LogP contribution in [0, 0.1) is 34.3 Å². The second-order valence-corrected chi connectivity index (χ2v) is 4.08. The number of benzene rings is 2. The zero-order valence-electron chi connectivity index (χ0n) is 10.3. The molecule has 0 radical (unpaired) electrons. The number of halogens is 2. The Morgan fingerprint density at radius 1 is 0.900 bits per heavy atom. The van der Waals surface area contributed by atoms with Gasteiger partial charge in [0.05, 0.1) is 29.0 Å². The second-order valence-electron chi connectivity index (χ2n) is 4.08. The maximum atomic E-state index is 13.6. The number of nitriles is 2. The summed E-state index contributed by atoms with van der Waals surface area (Å²) in [4.78, 5) is 0. The van der Waals surface area contributed by atoms with E-state index in [9.17, 15) is 8.78 Å². The lowest BCUT2D eigenvalue weighted by Gasteiger charge is -2.09. The van der Waals surface area contributed by atoms with Crippen molar-refractivity contribution in [2.75, 3.05) is 5.32 Å². The van der Waals surface area contributed by atoms with Crippen LogP contribution in [0.15, 0.2) is 36.4 Å². The Labute approximate surface area is 114 Å². The largest absolute Gasteiger partial charge is 0.378 e. The van der Waals surface area contributed by atoms with Crippen LogP contribution >= 0.6 is 0 Å². The van der Waals surface area contributed by atoms with Crippen LogP contribution in [0.1, 0.15) is 16.7 Å². The summed E-state index contributed by atoms with van der Waals surface area (Å²) in [5.74, 6) is -1.05. The molecule has 0 saturated carbocycles. The Balaban J connectivity index is 2.17. The van der Waals surface area contributed by atoms with Crippen LogP contribution in [0.5, 0.6) is 0 Å². The fourth-order valence-electron chi connectivity index (χ4n) is 1.70. The van der Waals surface area contributed by atoms with Gasteiger partial charge in [-0.15, -0.1) is 0 Å². The van der Waals surface area contributed by atoms with E-state index >= 15 is 0 Å². The third-order valence-electron chi connectivity index (χ3n) is 2.74. The standard InChI is InChI=1S/C15H9F2N3/c16-13-3-1-10(7-18)5-12(13)9-20-15-4-2-11(8-19)6-14(15)17/h1-6,20H,9H2. The molecule has 0 atom stereocenters. The quantitative estimate of drug-likeness (QED) is 0.929. The first-order valence-corrected chi connectivity index (χ1v) is 5.76. The van der Waals surface area contributed by atoms with Gasteiger partial charge < -0.3 is 5.32 Å². The molecule has 0 fully saturated rings. The van der Waals surface area contributed by atoms with Crippen LogP contribution in [0.25, 0.3) is 0 Å². The number of nitrogens with one attached hydrogen (secondary N) is 1. The highest BCUT2D eigenvalue weighted by Gasteiger charge is 2.06. The highest BCUT2D eigenvalue weighted by Crippen LogP contribution is 2.18. The molecule has 1 N–H and O–H groups in total. The molecule has 5 heteroatoms. The van der Waals surface area contributed by atoms with Gasteiger partial charge in [-0.3, -0.25) is 0 Å². The van der Waals surface area contributed by atoms with Crippen molar-refractivity contribution >= 4 is 5.69 Å². The maximum Gasteiger partial charge on any atom is 0.147 e. The van der Waals surface area contributed by atoms with Crippen molar-refractivity contribution in [1.29, 1.82) is 10.5 Å². The molecule has 0 unspecified atom stereocenters. The van der Waals surface area contributed by atoms with Gasteiger partial charge in [0.25, 0.3) is 0 Å². The Morgan fingerprint density at radius 3 is 2.20 bits per heavy atom. The Hall–Kier alpha value is -2.92. The first kappa shape index (κ1) is 13.5. The molecule has 20 heavy (non-hydrogen) atoms. The third-order valence-corrected chi connectivity index (χ3v) is 2.74. The molecule has 0 aliphatic heterocycles. The SMILES string of the molecule is N#Cc1ccc(NCc2cc(C#N)ccc2F)c(F)c1. The number of anilines is 1. The average Bonchev–Trinajstić information content (AvgIpc) is 2.47. The predicted octanol–water partition coefficient (Wildman–Crippen LogP) is 3.32. The van der Waals surface area contributed by atoms with Crippen LogP contribution in [-0.2, 0) is 6.54 Å². The average molecular weight is 269 g/mol. The number of nitrogens with zero attached hydrogens (tertiary/aromatic N) is 2. The van der Waals surface area contributed by atoms with Crippen molar-refractivity contribution < 1.29 is 8.78 Å². The Bertz CT molecular complexity index is 727. The number of hydrogen-bond donors (Lipinski definition) is 1. The summed E-state index contributed by atoms with van der Waals surface area (Å²) in [6.07, 6.45) is 0. The van der Waals surface area contributed by atoms with Gasteiger partial charge in [0.15, 0.2) is 0 Å². The summed E-state index contributed by atoms with van der Waals surface area (Å²) in [5.41, 5.74) is 0.993. The van der Waals surface area contributed by atoms with Gasteiger partial charge in [-0.05, 0) is 36.4 Å². The van der Waals surface area contributed by atoms with E-state index in [4.69, 9.17) is 10.5 Å². The smallest absolute Gasteiger partial charge is 0.147 e. The molecule has 2 aromatic carbocycles. The lowest BCUT2D eigenvalue weighted by molar-refractivity contribution is 0.610. The molecule has 0 heterocycles. The summed E-state index contributed by atoms with van der Waals surface area (Å²) < 4.78 is 27.2. The van der Waals surface area contributed by atoms with Crippen molar-refractivity contribution in [3.63, 3.8) is 0 Å². The van der Waals surface area contributed by atoms with Crippen LogP contribution in [0.2, 0.25) is 0 Å². The Morgan fingerprint density at radius 2 is 1.55 bits per heavy atom. The first-order chi connectivity index (χ1) is 9.63. The zero-order chi connectivity index (χ0) is 14.5. The van der Waals surface area contributed by atoms with Gasteiger partial charge in [-0.2, -0.15) is 10.5 Å². The molecule has 0 aromatic heterocycles. The molecular weight excluding hydrogens is 260 g/mol. The fraction of sp³-hybridized carbons (Fsp3) is 0.0667. The van der Waals surface area contributed by atoms with Gasteiger partial charge in [0.2, 0.25) is 0 Å². The first-order valence-electron chi connectivity index (χ1n) is 5.76. The van der Waals surface area contributed by atoms with Crippen molar-refractivity contribution in [2.45, 2.75) is 6.54 Å². The van der Waals surface area contributed by atoms with E-state index in [-0.39, 0.29) is 23.4 Å².